The molecule has 2 heterocycles. The molecule has 5 nitrogen and oxygen atoms in total. The topological polar surface area (TPSA) is 72.1 Å². The number of hydrogen-bond donors (Lipinski definition) is 1. The number of rotatable bonds is 3. The second kappa shape index (κ2) is 5.61. The molecule has 2 aromatic rings. The number of amides is 1. The second-order valence-electron chi connectivity index (χ2n) is 5.33. The summed E-state index contributed by atoms with van der Waals surface area (Å²) in [5.74, 6) is 0.467. The monoisotopic (exact) mass is 282 g/mol. The number of aromatic nitrogens is 2. The third kappa shape index (κ3) is 2.78. The molecular weight excluding hydrogens is 264 g/mol. The zero-order valence-electron chi connectivity index (χ0n) is 12.0. The lowest BCUT2D eigenvalue weighted by Crippen LogP contribution is -2.41. The van der Waals surface area contributed by atoms with Crippen LogP contribution in [0.15, 0.2) is 36.5 Å². The molecule has 0 radical (unpaired) electrons. The van der Waals surface area contributed by atoms with Crippen LogP contribution in [0.1, 0.15) is 28.7 Å². The van der Waals surface area contributed by atoms with Crippen molar-refractivity contribution in [2.45, 2.75) is 25.9 Å². The predicted molar refractivity (Wildman–Crippen MR) is 79.3 cm³/mol. The molecule has 0 spiro atoms. The number of aryl methyl sites for hydroxylation is 1. The normalized spacial score (nSPS) is 16.2. The van der Waals surface area contributed by atoms with E-state index in [-0.39, 0.29) is 5.91 Å². The lowest BCUT2D eigenvalue weighted by atomic mass is 10.00. The van der Waals surface area contributed by atoms with E-state index in [0.29, 0.717) is 6.54 Å². The van der Waals surface area contributed by atoms with Crippen LogP contribution in [0.4, 0.5) is 0 Å². The van der Waals surface area contributed by atoms with Crippen LogP contribution in [-0.2, 0) is 17.8 Å². The molecule has 0 saturated heterocycles. The molecule has 5 heteroatoms. The van der Waals surface area contributed by atoms with Crippen molar-refractivity contribution in [3.8, 4) is 0 Å². The minimum Gasteiger partial charge on any atom is -0.368 e. The summed E-state index contributed by atoms with van der Waals surface area (Å²) in [6.07, 6.45) is 2.67. The predicted octanol–water partition coefficient (Wildman–Crippen LogP) is 1.37. The molecule has 1 aliphatic rings. The fourth-order valence-corrected chi connectivity index (χ4v) is 2.85. The van der Waals surface area contributed by atoms with Crippen molar-refractivity contribution in [1.82, 2.24) is 14.9 Å². The summed E-state index contributed by atoms with van der Waals surface area (Å²) in [6.45, 7) is 3.31. The molecular formula is C16H18N4O. The van der Waals surface area contributed by atoms with Crippen molar-refractivity contribution in [3.63, 3.8) is 0 Å². The minimum absolute atomic E-state index is 0.322. The maximum absolute atomic E-state index is 11.9. The molecule has 1 aromatic carbocycles. The largest absolute Gasteiger partial charge is 0.368 e. The van der Waals surface area contributed by atoms with Gasteiger partial charge in [-0.15, -0.1) is 0 Å². The van der Waals surface area contributed by atoms with Gasteiger partial charge in [0, 0.05) is 37.0 Å². The third-order valence-electron chi connectivity index (χ3n) is 3.83. The smallest absolute Gasteiger partial charge is 0.239 e. The van der Waals surface area contributed by atoms with E-state index in [4.69, 9.17) is 5.73 Å². The van der Waals surface area contributed by atoms with E-state index in [2.05, 4.69) is 14.9 Å². The summed E-state index contributed by atoms with van der Waals surface area (Å²) in [7, 11) is 0. The van der Waals surface area contributed by atoms with Gasteiger partial charge in [-0.1, -0.05) is 30.3 Å². The Bertz CT molecular complexity index is 657. The first-order valence-corrected chi connectivity index (χ1v) is 7.05. The molecule has 0 aliphatic carbocycles. The number of fused-ring (bicyclic) bond motifs is 1. The maximum atomic E-state index is 11.9. The average molecular weight is 282 g/mol. The Hall–Kier alpha value is -2.27. The van der Waals surface area contributed by atoms with Crippen LogP contribution in [0.3, 0.4) is 0 Å². The third-order valence-corrected chi connectivity index (χ3v) is 3.83. The fourth-order valence-electron chi connectivity index (χ4n) is 2.85. The molecule has 1 amide bonds. The molecule has 0 unspecified atom stereocenters. The SMILES string of the molecule is Cc1ncc2c(n1)CCN([C@H](C(N)=O)c1ccccc1)C2. The maximum Gasteiger partial charge on any atom is 0.239 e. The van der Waals surface area contributed by atoms with Crippen molar-refractivity contribution < 1.29 is 4.79 Å². The molecule has 108 valence electrons. The molecule has 1 aromatic heterocycles. The summed E-state index contributed by atoms with van der Waals surface area (Å²) < 4.78 is 0. The Labute approximate surface area is 123 Å². The quantitative estimate of drug-likeness (QED) is 0.923. The number of nitrogens with zero attached hydrogens (tertiary/aromatic N) is 3. The Kier molecular flexibility index (Phi) is 3.66. The van der Waals surface area contributed by atoms with E-state index in [1.807, 2.05) is 43.5 Å². The van der Waals surface area contributed by atoms with Gasteiger partial charge in [-0.3, -0.25) is 9.69 Å². The summed E-state index contributed by atoms with van der Waals surface area (Å²) in [5, 5.41) is 0. The van der Waals surface area contributed by atoms with E-state index in [1.165, 1.54) is 0 Å². The number of carbonyl (C=O) groups excluding carboxylic acids is 1. The van der Waals surface area contributed by atoms with Gasteiger partial charge in [0.05, 0.1) is 0 Å². The zero-order chi connectivity index (χ0) is 14.8. The van der Waals surface area contributed by atoms with Crippen LogP contribution < -0.4 is 5.73 Å². The molecule has 0 fully saturated rings. The highest BCUT2D eigenvalue weighted by Crippen LogP contribution is 2.26. The molecule has 0 saturated carbocycles. The lowest BCUT2D eigenvalue weighted by Gasteiger charge is -2.33. The van der Waals surface area contributed by atoms with Crippen molar-refractivity contribution in [2.75, 3.05) is 6.54 Å². The number of benzene rings is 1. The fraction of sp³-hybridized carbons (Fsp3) is 0.312. The Balaban J connectivity index is 1.89. The highest BCUT2D eigenvalue weighted by molar-refractivity contribution is 5.81. The standard InChI is InChI=1S/C16H18N4O/c1-11-18-9-13-10-20(8-7-14(13)19-11)15(16(17)21)12-5-3-2-4-6-12/h2-6,9,15H,7-8,10H2,1H3,(H2,17,21)/t15-/m0/s1. The van der Waals surface area contributed by atoms with Gasteiger partial charge in [0.15, 0.2) is 0 Å². The van der Waals surface area contributed by atoms with Gasteiger partial charge in [0.25, 0.3) is 0 Å². The number of nitrogens with two attached hydrogens (primary N) is 1. The van der Waals surface area contributed by atoms with Crippen molar-refractivity contribution in [1.29, 1.82) is 0 Å². The molecule has 1 aliphatic heterocycles. The molecule has 0 bridgehead atoms. The van der Waals surface area contributed by atoms with Gasteiger partial charge >= 0.3 is 0 Å². The first-order valence-electron chi connectivity index (χ1n) is 7.05. The first kappa shape index (κ1) is 13.7. The van der Waals surface area contributed by atoms with Crippen molar-refractivity contribution >= 4 is 5.91 Å². The van der Waals surface area contributed by atoms with Gasteiger partial charge < -0.3 is 5.73 Å². The highest BCUT2D eigenvalue weighted by atomic mass is 16.1. The van der Waals surface area contributed by atoms with Crippen molar-refractivity contribution in [3.05, 3.63) is 59.2 Å². The first-order chi connectivity index (χ1) is 10.1. The van der Waals surface area contributed by atoms with Gasteiger partial charge in [0.2, 0.25) is 5.91 Å². The molecule has 21 heavy (non-hydrogen) atoms. The average Bonchev–Trinajstić information content (AvgIpc) is 2.48. The Morgan fingerprint density at radius 2 is 2.10 bits per heavy atom. The minimum atomic E-state index is -0.402. The van der Waals surface area contributed by atoms with Crippen LogP contribution in [0.2, 0.25) is 0 Å². The van der Waals surface area contributed by atoms with E-state index in [1.54, 1.807) is 0 Å². The van der Waals surface area contributed by atoms with E-state index >= 15 is 0 Å². The summed E-state index contributed by atoms with van der Waals surface area (Å²) in [5.41, 5.74) is 8.72. The summed E-state index contributed by atoms with van der Waals surface area (Å²) in [6, 6.07) is 9.27. The summed E-state index contributed by atoms with van der Waals surface area (Å²) >= 11 is 0. The van der Waals surface area contributed by atoms with E-state index in [0.717, 1.165) is 35.6 Å². The van der Waals surface area contributed by atoms with Crippen LogP contribution in [0, 0.1) is 6.92 Å². The number of carbonyl (C=O) groups is 1. The molecule has 1 atom stereocenters. The second-order valence-corrected chi connectivity index (χ2v) is 5.33. The van der Waals surface area contributed by atoms with E-state index in [9.17, 15) is 4.79 Å². The van der Waals surface area contributed by atoms with Gasteiger partial charge in [-0.25, -0.2) is 9.97 Å². The Morgan fingerprint density at radius 3 is 2.81 bits per heavy atom. The Morgan fingerprint density at radius 1 is 1.33 bits per heavy atom. The van der Waals surface area contributed by atoms with Gasteiger partial charge in [-0.05, 0) is 12.5 Å². The number of hydrogen-bond acceptors (Lipinski definition) is 4. The van der Waals surface area contributed by atoms with Crippen molar-refractivity contribution in [2.24, 2.45) is 5.73 Å². The van der Waals surface area contributed by atoms with Crippen LogP contribution in [0.5, 0.6) is 0 Å². The number of primary amides is 1. The van der Waals surface area contributed by atoms with Crippen LogP contribution in [-0.4, -0.2) is 27.3 Å². The van der Waals surface area contributed by atoms with E-state index < -0.39 is 6.04 Å². The lowest BCUT2D eigenvalue weighted by molar-refractivity contribution is -0.123. The highest BCUT2D eigenvalue weighted by Gasteiger charge is 2.29. The zero-order valence-corrected chi connectivity index (χ0v) is 12.0. The van der Waals surface area contributed by atoms with Crippen LogP contribution in [0.25, 0.3) is 0 Å². The van der Waals surface area contributed by atoms with Gasteiger partial charge in [0.1, 0.15) is 11.9 Å². The molecule has 2 N–H and O–H groups in total. The molecule has 3 rings (SSSR count). The summed E-state index contributed by atoms with van der Waals surface area (Å²) in [4.78, 5) is 22.7. The van der Waals surface area contributed by atoms with Crippen LogP contribution >= 0.6 is 0 Å². The van der Waals surface area contributed by atoms with Gasteiger partial charge in [-0.2, -0.15) is 0 Å².